The molecule has 2 aromatic rings. The Labute approximate surface area is 110 Å². The van der Waals surface area contributed by atoms with Gasteiger partial charge in [-0.25, -0.2) is 4.68 Å². The summed E-state index contributed by atoms with van der Waals surface area (Å²) in [5, 5.41) is 12.9. The number of benzene rings is 1. The van der Waals surface area contributed by atoms with Crippen LogP contribution in [0.1, 0.15) is 10.4 Å². The predicted octanol–water partition coefficient (Wildman–Crippen LogP) is 1.48. The molecule has 1 aromatic carbocycles. The minimum absolute atomic E-state index is 0.00281. The van der Waals surface area contributed by atoms with Gasteiger partial charge in [0.2, 0.25) is 0 Å². The highest BCUT2D eigenvalue weighted by Crippen LogP contribution is 2.27. The molecule has 0 unspecified atom stereocenters. The molecule has 19 heavy (non-hydrogen) atoms. The molecule has 0 aliphatic heterocycles. The highest BCUT2D eigenvalue weighted by atomic mass is 16.5. The van der Waals surface area contributed by atoms with Gasteiger partial charge in [0, 0.05) is 5.56 Å². The molecule has 2 rings (SSSR count). The van der Waals surface area contributed by atoms with Crippen molar-refractivity contribution in [3.63, 3.8) is 0 Å². The molecule has 1 aromatic heterocycles. The van der Waals surface area contributed by atoms with Gasteiger partial charge >= 0.3 is 0 Å². The molecule has 0 radical (unpaired) electrons. The lowest BCUT2D eigenvalue weighted by Gasteiger charge is -2.01. The molecule has 0 fully saturated rings. The van der Waals surface area contributed by atoms with Crippen LogP contribution in [0.4, 0.5) is 5.82 Å². The number of hydrogen-bond acceptors (Lipinski definition) is 5. The Bertz CT molecular complexity index is 638. The lowest BCUT2D eigenvalue weighted by molar-refractivity contribution is 0.112. The summed E-state index contributed by atoms with van der Waals surface area (Å²) in [6.45, 7) is 0.00281. The van der Waals surface area contributed by atoms with Crippen molar-refractivity contribution in [3.05, 3.63) is 29.8 Å². The summed E-state index contributed by atoms with van der Waals surface area (Å²) < 4.78 is 6.38. The minimum Gasteiger partial charge on any atom is -0.497 e. The van der Waals surface area contributed by atoms with Gasteiger partial charge in [0.1, 0.15) is 23.8 Å². The number of aldehydes is 1. The second-order valence-electron chi connectivity index (χ2n) is 3.81. The van der Waals surface area contributed by atoms with E-state index in [1.54, 1.807) is 31.4 Å². The Morgan fingerprint density at radius 3 is 2.68 bits per heavy atom. The van der Waals surface area contributed by atoms with Crippen molar-refractivity contribution in [1.82, 2.24) is 9.78 Å². The summed E-state index contributed by atoms with van der Waals surface area (Å²) in [6.07, 6.45) is 0.649. The van der Waals surface area contributed by atoms with E-state index in [9.17, 15) is 4.79 Å². The van der Waals surface area contributed by atoms with E-state index in [2.05, 4.69) is 5.10 Å². The van der Waals surface area contributed by atoms with E-state index in [0.29, 0.717) is 23.3 Å². The van der Waals surface area contributed by atoms with Crippen molar-refractivity contribution in [3.8, 4) is 23.1 Å². The number of nitrogen functional groups attached to an aromatic ring is 1. The van der Waals surface area contributed by atoms with Crippen LogP contribution >= 0.6 is 0 Å². The van der Waals surface area contributed by atoms with E-state index in [0.717, 1.165) is 5.56 Å². The normalized spacial score (nSPS) is 9.89. The summed E-state index contributed by atoms with van der Waals surface area (Å²) in [5.41, 5.74) is 7.28. The zero-order valence-electron chi connectivity index (χ0n) is 10.3. The largest absolute Gasteiger partial charge is 0.497 e. The van der Waals surface area contributed by atoms with Gasteiger partial charge in [0.25, 0.3) is 0 Å². The molecule has 0 amide bonds. The number of carbonyl (C=O) groups is 1. The van der Waals surface area contributed by atoms with Gasteiger partial charge in [0.05, 0.1) is 18.7 Å². The number of anilines is 1. The fourth-order valence-corrected chi connectivity index (χ4v) is 1.75. The van der Waals surface area contributed by atoms with Crippen molar-refractivity contribution in [2.24, 2.45) is 0 Å². The second-order valence-corrected chi connectivity index (χ2v) is 3.81. The van der Waals surface area contributed by atoms with Crippen molar-refractivity contribution >= 4 is 12.1 Å². The number of ether oxygens (including phenoxy) is 1. The van der Waals surface area contributed by atoms with Crippen LogP contribution < -0.4 is 10.5 Å². The monoisotopic (exact) mass is 256 g/mol. The molecule has 0 atom stereocenters. The topological polar surface area (TPSA) is 93.9 Å². The first-order valence-electron chi connectivity index (χ1n) is 5.54. The maximum Gasteiger partial charge on any atom is 0.156 e. The fourth-order valence-electron chi connectivity index (χ4n) is 1.75. The van der Waals surface area contributed by atoms with Gasteiger partial charge in [-0.3, -0.25) is 4.79 Å². The van der Waals surface area contributed by atoms with Crippen LogP contribution in [0, 0.1) is 11.3 Å². The lowest BCUT2D eigenvalue weighted by Crippen LogP contribution is -2.03. The molecule has 0 saturated heterocycles. The number of nitriles is 1. The van der Waals surface area contributed by atoms with Crippen LogP contribution in [0.3, 0.4) is 0 Å². The van der Waals surface area contributed by atoms with Gasteiger partial charge in [-0.15, -0.1) is 0 Å². The number of rotatable bonds is 4. The number of aromatic nitrogens is 2. The van der Waals surface area contributed by atoms with E-state index in [1.165, 1.54) is 4.68 Å². The highest BCUT2D eigenvalue weighted by molar-refractivity contribution is 5.91. The first-order valence-corrected chi connectivity index (χ1v) is 5.54. The van der Waals surface area contributed by atoms with E-state index >= 15 is 0 Å². The Morgan fingerprint density at radius 1 is 1.47 bits per heavy atom. The Morgan fingerprint density at radius 2 is 2.16 bits per heavy atom. The smallest absolute Gasteiger partial charge is 0.156 e. The van der Waals surface area contributed by atoms with Crippen LogP contribution in [-0.4, -0.2) is 23.2 Å². The third-order valence-electron chi connectivity index (χ3n) is 2.73. The van der Waals surface area contributed by atoms with Crippen LogP contribution in [0.2, 0.25) is 0 Å². The van der Waals surface area contributed by atoms with Crippen molar-refractivity contribution in [1.29, 1.82) is 5.26 Å². The van der Waals surface area contributed by atoms with Gasteiger partial charge in [-0.05, 0) is 24.3 Å². The first kappa shape index (κ1) is 12.6. The number of methoxy groups -OCH3 is 1. The molecule has 1 heterocycles. The van der Waals surface area contributed by atoms with E-state index in [4.69, 9.17) is 15.7 Å². The molecule has 2 N–H and O–H groups in total. The van der Waals surface area contributed by atoms with E-state index < -0.39 is 0 Å². The summed E-state index contributed by atoms with van der Waals surface area (Å²) in [5.74, 6) is 0.906. The number of carbonyl (C=O) groups excluding carboxylic acids is 1. The summed E-state index contributed by atoms with van der Waals surface area (Å²) in [7, 11) is 1.57. The van der Waals surface area contributed by atoms with Gasteiger partial charge in [0.15, 0.2) is 6.29 Å². The SMILES string of the molecule is COc1ccc(-c2nn(CC#N)c(N)c2C=O)cc1. The van der Waals surface area contributed by atoms with Crippen LogP contribution in [0.5, 0.6) is 5.75 Å². The highest BCUT2D eigenvalue weighted by Gasteiger charge is 2.16. The Hall–Kier alpha value is -2.81. The maximum atomic E-state index is 11.1. The van der Waals surface area contributed by atoms with Crippen LogP contribution in [0.15, 0.2) is 24.3 Å². The van der Waals surface area contributed by atoms with Crippen LogP contribution in [-0.2, 0) is 6.54 Å². The van der Waals surface area contributed by atoms with E-state index in [1.807, 2.05) is 6.07 Å². The molecule has 0 bridgehead atoms. The molecule has 6 heteroatoms. The van der Waals surface area contributed by atoms with Gasteiger partial charge in [-0.2, -0.15) is 10.4 Å². The molecule has 0 aliphatic rings. The summed E-state index contributed by atoms with van der Waals surface area (Å²) in [6, 6.07) is 9.04. The number of nitrogens with two attached hydrogens (primary N) is 1. The number of nitrogens with zero attached hydrogens (tertiary/aromatic N) is 3. The average Bonchev–Trinajstić information content (AvgIpc) is 2.76. The lowest BCUT2D eigenvalue weighted by atomic mass is 10.1. The van der Waals surface area contributed by atoms with Gasteiger partial charge in [-0.1, -0.05) is 0 Å². The minimum atomic E-state index is 0.00281. The Balaban J connectivity index is 2.51. The fraction of sp³-hybridized carbons (Fsp3) is 0.154. The third-order valence-corrected chi connectivity index (χ3v) is 2.73. The zero-order chi connectivity index (χ0) is 13.8. The second kappa shape index (κ2) is 5.23. The zero-order valence-corrected chi connectivity index (χ0v) is 10.3. The molecule has 0 saturated carbocycles. The Kier molecular flexibility index (Phi) is 3.48. The molecular weight excluding hydrogens is 244 g/mol. The predicted molar refractivity (Wildman–Crippen MR) is 69.6 cm³/mol. The summed E-state index contributed by atoms with van der Waals surface area (Å²) in [4.78, 5) is 11.1. The molecule has 96 valence electrons. The standard InChI is InChI=1S/C13H12N4O2/c1-19-10-4-2-9(3-5-10)12-11(8-18)13(15)17(16-12)7-6-14/h2-5,8H,7,15H2,1H3. The quantitative estimate of drug-likeness (QED) is 0.836. The average molecular weight is 256 g/mol. The van der Waals surface area contributed by atoms with Crippen molar-refractivity contribution < 1.29 is 9.53 Å². The van der Waals surface area contributed by atoms with Gasteiger partial charge < -0.3 is 10.5 Å². The molecule has 0 spiro atoms. The maximum absolute atomic E-state index is 11.1. The summed E-state index contributed by atoms with van der Waals surface area (Å²) >= 11 is 0. The number of hydrogen-bond donors (Lipinski definition) is 1. The van der Waals surface area contributed by atoms with E-state index in [-0.39, 0.29) is 12.4 Å². The van der Waals surface area contributed by atoms with Crippen molar-refractivity contribution in [2.75, 3.05) is 12.8 Å². The third kappa shape index (κ3) is 2.26. The van der Waals surface area contributed by atoms with Crippen LogP contribution in [0.25, 0.3) is 11.3 Å². The molecular formula is C13H12N4O2. The molecule has 6 nitrogen and oxygen atoms in total. The van der Waals surface area contributed by atoms with Crippen molar-refractivity contribution in [2.45, 2.75) is 6.54 Å². The molecule has 0 aliphatic carbocycles. The first-order chi connectivity index (χ1) is 9.21.